The molecule has 32 heavy (non-hydrogen) atoms. The van der Waals surface area contributed by atoms with Gasteiger partial charge in [-0.15, -0.1) is 0 Å². The van der Waals surface area contributed by atoms with E-state index in [-0.39, 0.29) is 0 Å². The number of unbranched alkanes of at least 4 members (excludes halogenated alkanes) is 3. The molecule has 0 saturated heterocycles. The molecular formula is C28H34N4+4. The van der Waals surface area contributed by atoms with Crippen LogP contribution in [0.25, 0.3) is 33.6 Å². The van der Waals surface area contributed by atoms with Crippen molar-refractivity contribution in [3.05, 3.63) is 85.7 Å². The van der Waals surface area contributed by atoms with Crippen LogP contribution in [0.3, 0.4) is 0 Å². The lowest BCUT2D eigenvalue weighted by atomic mass is 10.1. The Kier molecular flexibility index (Phi) is 7.00. The maximum atomic E-state index is 3.49. The minimum absolute atomic E-state index is 1.10. The van der Waals surface area contributed by atoms with Gasteiger partial charge in [-0.05, 0) is 29.7 Å². The molecule has 4 rings (SSSR count). The quantitative estimate of drug-likeness (QED) is 0.300. The van der Waals surface area contributed by atoms with Crippen LogP contribution in [-0.4, -0.2) is 0 Å². The molecule has 4 nitrogen and oxygen atoms in total. The Morgan fingerprint density at radius 1 is 0.688 bits per heavy atom. The van der Waals surface area contributed by atoms with E-state index in [0.717, 1.165) is 17.9 Å². The monoisotopic (exact) mass is 426 g/mol. The van der Waals surface area contributed by atoms with Crippen molar-refractivity contribution in [2.45, 2.75) is 39.2 Å². The summed E-state index contributed by atoms with van der Waals surface area (Å²) in [6, 6.07) is 17.4. The van der Waals surface area contributed by atoms with Crippen molar-refractivity contribution in [1.82, 2.24) is 0 Å². The highest BCUT2D eigenvalue weighted by molar-refractivity contribution is 5.64. The fourth-order valence-corrected chi connectivity index (χ4v) is 4.04. The molecule has 4 heteroatoms. The van der Waals surface area contributed by atoms with Crippen LogP contribution in [0.5, 0.6) is 0 Å². The molecule has 0 fully saturated rings. The van der Waals surface area contributed by atoms with Crippen LogP contribution in [-0.2, 0) is 20.6 Å². The van der Waals surface area contributed by atoms with Crippen LogP contribution in [0.2, 0.25) is 0 Å². The highest BCUT2D eigenvalue weighted by atomic mass is 14.9. The normalized spacial score (nSPS) is 11.0. The third-order valence-corrected chi connectivity index (χ3v) is 6.03. The first-order chi connectivity index (χ1) is 15.6. The molecule has 0 aliphatic rings. The van der Waals surface area contributed by atoms with Gasteiger partial charge in [0.1, 0.15) is 20.6 Å². The summed E-state index contributed by atoms with van der Waals surface area (Å²) in [6.45, 7) is 3.35. The predicted molar refractivity (Wildman–Crippen MR) is 126 cm³/mol. The average Bonchev–Trinajstić information content (AvgIpc) is 2.83. The average molecular weight is 427 g/mol. The lowest BCUT2D eigenvalue weighted by Gasteiger charge is -2.02. The Bertz CT molecular complexity index is 1150. The van der Waals surface area contributed by atoms with E-state index in [1.165, 1.54) is 47.9 Å². The number of nitrogens with one attached hydrogen (secondary N) is 1. The van der Waals surface area contributed by atoms with Crippen LogP contribution < -0.4 is 18.7 Å². The number of aromatic nitrogens is 4. The van der Waals surface area contributed by atoms with Gasteiger partial charge in [-0.3, -0.25) is 0 Å². The number of nitrogens with zero attached hydrogens (tertiary/aromatic N) is 3. The van der Waals surface area contributed by atoms with Crippen molar-refractivity contribution in [3.8, 4) is 33.6 Å². The summed E-state index contributed by atoms with van der Waals surface area (Å²) in [5.41, 5.74) is 7.11. The summed E-state index contributed by atoms with van der Waals surface area (Å²) in [5, 5.41) is 0. The highest BCUT2D eigenvalue weighted by Crippen LogP contribution is 2.21. The first-order valence-electron chi connectivity index (χ1n) is 11.6. The number of aromatic amines is 1. The Hall–Kier alpha value is -3.40. The second-order valence-corrected chi connectivity index (χ2v) is 8.54. The van der Waals surface area contributed by atoms with Gasteiger partial charge in [-0.25, -0.2) is 14.1 Å². The smallest absolute Gasteiger partial charge is 0.208 e. The van der Waals surface area contributed by atoms with Crippen LogP contribution >= 0.6 is 0 Å². The van der Waals surface area contributed by atoms with E-state index in [0.29, 0.717) is 0 Å². The van der Waals surface area contributed by atoms with Gasteiger partial charge in [-0.1, -0.05) is 19.8 Å². The number of H-pyrrole nitrogens is 1. The summed E-state index contributed by atoms with van der Waals surface area (Å²) < 4.78 is 6.51. The van der Waals surface area contributed by atoms with Crippen molar-refractivity contribution >= 4 is 0 Å². The fourth-order valence-electron chi connectivity index (χ4n) is 4.04. The lowest BCUT2D eigenvalue weighted by Crippen LogP contribution is -2.33. The van der Waals surface area contributed by atoms with E-state index < -0.39 is 0 Å². The molecule has 0 atom stereocenters. The van der Waals surface area contributed by atoms with Crippen molar-refractivity contribution in [2.24, 2.45) is 14.1 Å². The van der Waals surface area contributed by atoms with Gasteiger partial charge in [0.25, 0.3) is 11.4 Å². The zero-order valence-electron chi connectivity index (χ0n) is 19.5. The third kappa shape index (κ3) is 5.25. The first-order valence-corrected chi connectivity index (χ1v) is 11.6. The maximum Gasteiger partial charge on any atom is 0.277 e. The maximum absolute atomic E-state index is 3.49. The van der Waals surface area contributed by atoms with E-state index >= 15 is 0 Å². The van der Waals surface area contributed by atoms with Gasteiger partial charge >= 0.3 is 0 Å². The van der Waals surface area contributed by atoms with Crippen molar-refractivity contribution < 1.29 is 18.7 Å². The van der Waals surface area contributed by atoms with E-state index in [1.54, 1.807) is 0 Å². The van der Waals surface area contributed by atoms with Crippen LogP contribution in [0, 0.1) is 0 Å². The van der Waals surface area contributed by atoms with Gasteiger partial charge in [0.2, 0.25) is 0 Å². The van der Waals surface area contributed by atoms with Crippen LogP contribution in [0.15, 0.2) is 85.7 Å². The van der Waals surface area contributed by atoms with E-state index in [4.69, 9.17) is 0 Å². The minimum atomic E-state index is 1.10. The molecule has 0 saturated carbocycles. The molecule has 0 bridgehead atoms. The summed E-state index contributed by atoms with van der Waals surface area (Å²) in [6.07, 6.45) is 18.0. The lowest BCUT2D eigenvalue weighted by molar-refractivity contribution is -0.697. The SMILES string of the molecule is CCCCCC[n+]1ccc(-c2ccc(-c3ccc(-c4cc[n+](C)cc4)c[n+]3C)[nH+]c2)cc1. The molecule has 0 aliphatic carbocycles. The summed E-state index contributed by atoms with van der Waals surface area (Å²) in [7, 11) is 4.13. The molecular weight excluding hydrogens is 392 g/mol. The summed E-state index contributed by atoms with van der Waals surface area (Å²) in [4.78, 5) is 3.49. The van der Waals surface area contributed by atoms with Crippen LogP contribution in [0.1, 0.15) is 32.6 Å². The molecule has 0 spiro atoms. The molecule has 0 unspecified atom stereocenters. The Balaban J connectivity index is 1.47. The van der Waals surface area contributed by atoms with Gasteiger partial charge < -0.3 is 0 Å². The zero-order chi connectivity index (χ0) is 22.3. The Labute approximate surface area is 191 Å². The van der Waals surface area contributed by atoms with Crippen molar-refractivity contribution in [2.75, 3.05) is 0 Å². The topological polar surface area (TPSA) is 25.8 Å². The van der Waals surface area contributed by atoms with E-state index in [1.807, 2.05) is 11.6 Å². The third-order valence-electron chi connectivity index (χ3n) is 6.03. The zero-order valence-corrected chi connectivity index (χ0v) is 19.5. The molecule has 0 aromatic carbocycles. The largest absolute Gasteiger partial charge is 0.277 e. The van der Waals surface area contributed by atoms with Gasteiger partial charge in [0.15, 0.2) is 37.2 Å². The highest BCUT2D eigenvalue weighted by Gasteiger charge is 2.18. The standard InChI is InChI=1S/C28H33N4/c1-4-5-6-7-16-32-19-14-23(15-20-32)25-8-10-27(29-21-25)28-11-9-26(22-31(28)3)24-12-17-30(2)18-13-24/h8-15,17-22H,4-7,16H2,1-3H3/q+3/p+1. The number of rotatable bonds is 8. The number of hydrogen-bond donors (Lipinski definition) is 0. The Morgan fingerprint density at radius 2 is 1.38 bits per heavy atom. The predicted octanol–water partition coefficient (Wildman–Crippen LogP) is 4.02. The summed E-state index contributed by atoms with van der Waals surface area (Å²) >= 11 is 0. The van der Waals surface area contributed by atoms with Gasteiger partial charge in [0.05, 0.1) is 0 Å². The van der Waals surface area contributed by atoms with Crippen molar-refractivity contribution in [1.29, 1.82) is 0 Å². The van der Waals surface area contributed by atoms with E-state index in [2.05, 4.69) is 114 Å². The number of pyridine rings is 4. The number of aryl methyl sites for hydroxylation is 3. The molecule has 0 aliphatic heterocycles. The summed E-state index contributed by atoms with van der Waals surface area (Å²) in [5.74, 6) is 0. The number of hydrogen-bond acceptors (Lipinski definition) is 0. The molecule has 162 valence electrons. The second kappa shape index (κ2) is 10.3. The van der Waals surface area contributed by atoms with Crippen molar-refractivity contribution in [3.63, 3.8) is 0 Å². The van der Waals surface area contributed by atoms with E-state index in [9.17, 15) is 0 Å². The second-order valence-electron chi connectivity index (χ2n) is 8.54. The molecule has 0 radical (unpaired) electrons. The minimum Gasteiger partial charge on any atom is -0.208 e. The molecule has 0 amide bonds. The first kappa shape index (κ1) is 21.8. The molecule has 4 aromatic rings. The Morgan fingerprint density at radius 3 is 2.03 bits per heavy atom. The molecule has 4 heterocycles. The molecule has 4 aromatic heterocycles. The van der Waals surface area contributed by atoms with Gasteiger partial charge in [-0.2, -0.15) is 4.57 Å². The van der Waals surface area contributed by atoms with Crippen LogP contribution in [0.4, 0.5) is 0 Å². The fraction of sp³-hybridized carbons (Fsp3) is 0.286. The van der Waals surface area contributed by atoms with Gasteiger partial charge in [0, 0.05) is 53.9 Å². The molecule has 1 N–H and O–H groups in total.